The molecule has 0 aromatic heterocycles. The van der Waals surface area contributed by atoms with Crippen LogP contribution in [0, 0.1) is 0 Å². The SMILES string of the molecule is CC(O)(CCCCCCCC(C)(O)c1ccccc1)c1ccccc1. The van der Waals surface area contributed by atoms with Crippen molar-refractivity contribution in [2.45, 2.75) is 70.0 Å². The number of rotatable bonds is 10. The predicted molar refractivity (Wildman–Crippen MR) is 104 cm³/mol. The minimum atomic E-state index is -0.738. The quantitative estimate of drug-likeness (QED) is 0.558. The van der Waals surface area contributed by atoms with Crippen molar-refractivity contribution in [2.75, 3.05) is 0 Å². The van der Waals surface area contributed by atoms with Gasteiger partial charge in [0.25, 0.3) is 0 Å². The number of hydrogen-bond donors (Lipinski definition) is 2. The van der Waals surface area contributed by atoms with Crippen LogP contribution in [0.4, 0.5) is 0 Å². The van der Waals surface area contributed by atoms with Crippen LogP contribution >= 0.6 is 0 Å². The monoisotopic (exact) mass is 340 g/mol. The Balaban J connectivity index is 1.62. The summed E-state index contributed by atoms with van der Waals surface area (Å²) in [6.07, 6.45) is 7.02. The summed E-state index contributed by atoms with van der Waals surface area (Å²) in [6.45, 7) is 3.80. The summed E-state index contributed by atoms with van der Waals surface area (Å²) < 4.78 is 0. The highest BCUT2D eigenvalue weighted by atomic mass is 16.3. The van der Waals surface area contributed by atoms with Crippen molar-refractivity contribution in [3.8, 4) is 0 Å². The molecule has 0 radical (unpaired) electrons. The summed E-state index contributed by atoms with van der Waals surface area (Å²) in [6, 6.07) is 19.8. The highest BCUT2D eigenvalue weighted by molar-refractivity contribution is 5.21. The van der Waals surface area contributed by atoms with Crippen LogP contribution in [0.2, 0.25) is 0 Å². The van der Waals surface area contributed by atoms with Gasteiger partial charge in [0.15, 0.2) is 0 Å². The number of aliphatic hydroxyl groups is 2. The van der Waals surface area contributed by atoms with E-state index in [1.807, 2.05) is 74.5 Å². The van der Waals surface area contributed by atoms with E-state index in [1.54, 1.807) is 0 Å². The molecule has 2 rings (SSSR count). The van der Waals surface area contributed by atoms with Gasteiger partial charge in [0, 0.05) is 0 Å². The predicted octanol–water partition coefficient (Wildman–Crippen LogP) is 5.53. The zero-order valence-corrected chi connectivity index (χ0v) is 15.6. The molecule has 2 heteroatoms. The Kier molecular flexibility index (Phi) is 7.22. The first-order chi connectivity index (χ1) is 11.9. The second-order valence-electron chi connectivity index (χ2n) is 7.55. The van der Waals surface area contributed by atoms with Gasteiger partial charge in [0.2, 0.25) is 0 Å². The molecule has 2 N–H and O–H groups in total. The molecule has 2 aromatic rings. The van der Waals surface area contributed by atoms with Gasteiger partial charge in [-0.3, -0.25) is 0 Å². The highest BCUT2D eigenvalue weighted by Crippen LogP contribution is 2.28. The van der Waals surface area contributed by atoms with Gasteiger partial charge in [-0.15, -0.1) is 0 Å². The molecular weight excluding hydrogens is 308 g/mol. The van der Waals surface area contributed by atoms with Gasteiger partial charge in [-0.2, -0.15) is 0 Å². The third-order valence-corrected chi connectivity index (χ3v) is 5.12. The second-order valence-corrected chi connectivity index (χ2v) is 7.55. The fourth-order valence-corrected chi connectivity index (χ4v) is 3.35. The van der Waals surface area contributed by atoms with E-state index < -0.39 is 11.2 Å². The van der Waals surface area contributed by atoms with Crippen molar-refractivity contribution in [1.82, 2.24) is 0 Å². The van der Waals surface area contributed by atoms with E-state index in [1.165, 1.54) is 0 Å². The number of benzene rings is 2. The van der Waals surface area contributed by atoms with Crippen molar-refractivity contribution < 1.29 is 10.2 Å². The maximum atomic E-state index is 10.6. The van der Waals surface area contributed by atoms with E-state index in [9.17, 15) is 10.2 Å². The van der Waals surface area contributed by atoms with E-state index in [2.05, 4.69) is 0 Å². The van der Waals surface area contributed by atoms with Gasteiger partial charge >= 0.3 is 0 Å². The Bertz CT molecular complexity index is 547. The molecule has 2 unspecified atom stereocenters. The Morgan fingerprint density at radius 1 is 0.560 bits per heavy atom. The van der Waals surface area contributed by atoms with Gasteiger partial charge in [-0.1, -0.05) is 92.8 Å². The van der Waals surface area contributed by atoms with Gasteiger partial charge in [-0.25, -0.2) is 0 Å². The molecular formula is C23H32O2. The fraction of sp³-hybridized carbons (Fsp3) is 0.478. The molecule has 2 atom stereocenters. The zero-order chi connectivity index (χ0) is 18.2. The molecule has 0 aliphatic carbocycles. The van der Waals surface area contributed by atoms with E-state index >= 15 is 0 Å². The molecule has 0 spiro atoms. The van der Waals surface area contributed by atoms with Gasteiger partial charge in [-0.05, 0) is 37.8 Å². The molecule has 0 aliphatic heterocycles. The van der Waals surface area contributed by atoms with Crippen LogP contribution in [-0.4, -0.2) is 10.2 Å². The van der Waals surface area contributed by atoms with E-state index in [-0.39, 0.29) is 0 Å². The first-order valence-corrected chi connectivity index (χ1v) is 9.48. The summed E-state index contributed by atoms with van der Waals surface area (Å²) in [5, 5.41) is 21.2. The van der Waals surface area contributed by atoms with Crippen LogP contribution in [0.5, 0.6) is 0 Å². The van der Waals surface area contributed by atoms with Crippen LogP contribution in [0.15, 0.2) is 60.7 Å². The molecule has 0 saturated heterocycles. The first-order valence-electron chi connectivity index (χ1n) is 9.48. The first kappa shape index (κ1) is 19.7. The lowest BCUT2D eigenvalue weighted by atomic mass is 9.89. The van der Waals surface area contributed by atoms with Crippen molar-refractivity contribution in [1.29, 1.82) is 0 Å². The standard InChI is InChI=1S/C23H32O2/c1-22(24,20-14-8-6-9-15-20)18-12-4-3-5-13-19-23(2,25)21-16-10-7-11-17-21/h6-11,14-17,24-25H,3-5,12-13,18-19H2,1-2H3. The zero-order valence-electron chi connectivity index (χ0n) is 15.6. The third-order valence-electron chi connectivity index (χ3n) is 5.12. The summed E-state index contributed by atoms with van der Waals surface area (Å²) in [5.74, 6) is 0. The maximum Gasteiger partial charge on any atom is 0.0868 e. The molecule has 0 bridgehead atoms. The minimum Gasteiger partial charge on any atom is -0.385 e. The van der Waals surface area contributed by atoms with Crippen molar-refractivity contribution >= 4 is 0 Å². The smallest absolute Gasteiger partial charge is 0.0868 e. The molecule has 0 fully saturated rings. The number of hydrogen-bond acceptors (Lipinski definition) is 2. The summed E-state index contributed by atoms with van der Waals surface area (Å²) >= 11 is 0. The van der Waals surface area contributed by atoms with Gasteiger partial charge < -0.3 is 10.2 Å². The summed E-state index contributed by atoms with van der Waals surface area (Å²) in [7, 11) is 0. The van der Waals surface area contributed by atoms with Crippen LogP contribution in [0.3, 0.4) is 0 Å². The molecule has 0 heterocycles. The van der Waals surface area contributed by atoms with E-state index in [0.29, 0.717) is 0 Å². The van der Waals surface area contributed by atoms with E-state index in [4.69, 9.17) is 0 Å². The van der Waals surface area contributed by atoms with Gasteiger partial charge in [0.05, 0.1) is 11.2 Å². The Hall–Kier alpha value is -1.64. The molecule has 25 heavy (non-hydrogen) atoms. The largest absolute Gasteiger partial charge is 0.385 e. The Labute approximate surface area is 152 Å². The normalized spacial score (nSPS) is 16.2. The average molecular weight is 341 g/mol. The van der Waals surface area contributed by atoms with E-state index in [0.717, 1.165) is 56.1 Å². The molecule has 2 aromatic carbocycles. The van der Waals surface area contributed by atoms with Crippen LogP contribution < -0.4 is 0 Å². The van der Waals surface area contributed by atoms with Crippen LogP contribution in [0.1, 0.15) is 69.9 Å². The minimum absolute atomic E-state index is 0.738. The summed E-state index contributed by atoms with van der Waals surface area (Å²) in [5.41, 5.74) is 0.513. The van der Waals surface area contributed by atoms with Crippen molar-refractivity contribution in [3.05, 3.63) is 71.8 Å². The molecule has 0 amide bonds. The molecule has 0 saturated carbocycles. The lowest BCUT2D eigenvalue weighted by Crippen LogP contribution is -2.21. The maximum absolute atomic E-state index is 10.6. The molecule has 2 nitrogen and oxygen atoms in total. The topological polar surface area (TPSA) is 40.5 Å². The van der Waals surface area contributed by atoms with Crippen LogP contribution in [0.25, 0.3) is 0 Å². The Morgan fingerprint density at radius 3 is 1.24 bits per heavy atom. The third kappa shape index (κ3) is 6.30. The van der Waals surface area contributed by atoms with Crippen molar-refractivity contribution in [3.63, 3.8) is 0 Å². The second kappa shape index (κ2) is 9.17. The molecule has 0 aliphatic rings. The lowest BCUT2D eigenvalue weighted by Gasteiger charge is -2.24. The van der Waals surface area contributed by atoms with Crippen molar-refractivity contribution in [2.24, 2.45) is 0 Å². The Morgan fingerprint density at radius 2 is 0.880 bits per heavy atom. The number of unbranched alkanes of at least 4 members (excludes halogenated alkanes) is 4. The fourth-order valence-electron chi connectivity index (χ4n) is 3.35. The molecule has 136 valence electrons. The summed E-state index contributed by atoms with van der Waals surface area (Å²) in [4.78, 5) is 0. The lowest BCUT2D eigenvalue weighted by molar-refractivity contribution is 0.0432. The van der Waals surface area contributed by atoms with Crippen LogP contribution in [-0.2, 0) is 11.2 Å². The highest BCUT2D eigenvalue weighted by Gasteiger charge is 2.23. The average Bonchev–Trinajstić information content (AvgIpc) is 2.62. The van der Waals surface area contributed by atoms with Gasteiger partial charge in [0.1, 0.15) is 0 Å².